The van der Waals surface area contributed by atoms with Crippen LogP contribution in [0.5, 0.6) is 0 Å². The van der Waals surface area contributed by atoms with Gasteiger partial charge in [0.1, 0.15) is 0 Å². The van der Waals surface area contributed by atoms with E-state index in [-0.39, 0.29) is 18.4 Å². The fourth-order valence-corrected chi connectivity index (χ4v) is 2.93. The molecule has 0 saturated heterocycles. The number of urea groups is 1. The number of carbonyl (C=O) groups excluding carboxylic acids is 2. The maximum Gasteiger partial charge on any atom is 0.319 e. The lowest BCUT2D eigenvalue weighted by Gasteiger charge is -2.11. The number of thiazole rings is 1. The van der Waals surface area contributed by atoms with Crippen molar-refractivity contribution in [3.05, 3.63) is 45.9 Å². The Kier molecular flexibility index (Phi) is 6.74. The third-order valence-corrected chi connectivity index (χ3v) is 4.51. The quantitative estimate of drug-likeness (QED) is 0.720. The molecule has 0 unspecified atom stereocenters. The maximum atomic E-state index is 12.0. The minimum absolute atomic E-state index is 0.0973. The number of aromatic nitrogens is 1. The van der Waals surface area contributed by atoms with Crippen molar-refractivity contribution >= 4 is 29.0 Å². The smallest absolute Gasteiger partial charge is 0.319 e. The summed E-state index contributed by atoms with van der Waals surface area (Å²) in [6, 6.07) is 6.99. The van der Waals surface area contributed by atoms with Gasteiger partial charge in [-0.3, -0.25) is 4.79 Å². The lowest BCUT2D eigenvalue weighted by Crippen LogP contribution is -2.31. The Bertz CT molecular complexity index is 699. The van der Waals surface area contributed by atoms with Gasteiger partial charge in [0.2, 0.25) is 5.91 Å². The van der Waals surface area contributed by atoms with Gasteiger partial charge in [-0.25, -0.2) is 9.78 Å². The van der Waals surface area contributed by atoms with Crippen LogP contribution in [0.1, 0.15) is 23.2 Å². The number of nitrogens with zero attached hydrogens (tertiary/aromatic N) is 1. The Morgan fingerprint density at radius 1 is 1.25 bits per heavy atom. The van der Waals surface area contributed by atoms with Gasteiger partial charge in [-0.2, -0.15) is 0 Å². The summed E-state index contributed by atoms with van der Waals surface area (Å²) >= 11 is 1.64. The summed E-state index contributed by atoms with van der Waals surface area (Å²) in [6.45, 7) is 2.58. The number of hydrogen-bond donors (Lipinski definition) is 3. The minimum Gasteiger partial charge on any atom is -0.359 e. The van der Waals surface area contributed by atoms with Crippen LogP contribution in [0.15, 0.2) is 29.6 Å². The summed E-state index contributed by atoms with van der Waals surface area (Å²) < 4.78 is 0. The van der Waals surface area contributed by atoms with E-state index in [0.29, 0.717) is 18.7 Å². The molecule has 0 fully saturated rings. The van der Waals surface area contributed by atoms with Gasteiger partial charge in [0.25, 0.3) is 0 Å². The second-order valence-electron chi connectivity index (χ2n) is 5.22. The zero-order chi connectivity index (χ0) is 17.4. The zero-order valence-corrected chi connectivity index (χ0v) is 14.7. The third kappa shape index (κ3) is 5.34. The minimum atomic E-state index is -0.287. The molecule has 2 rings (SSSR count). The number of aryl methyl sites for hydroxylation is 1. The van der Waals surface area contributed by atoms with E-state index >= 15 is 0 Å². The Morgan fingerprint density at radius 3 is 2.75 bits per heavy atom. The molecule has 128 valence electrons. The highest BCUT2D eigenvalue weighted by Crippen LogP contribution is 2.15. The average molecular weight is 346 g/mol. The molecular formula is C17H22N4O2S. The van der Waals surface area contributed by atoms with Gasteiger partial charge in [0.05, 0.1) is 17.1 Å². The molecule has 3 N–H and O–H groups in total. The Morgan fingerprint density at radius 2 is 2.04 bits per heavy atom. The number of carbonyl (C=O) groups is 2. The second kappa shape index (κ2) is 9.02. The predicted molar refractivity (Wildman–Crippen MR) is 96.4 cm³/mol. The number of nitrogens with one attached hydrogen (secondary N) is 3. The van der Waals surface area contributed by atoms with Gasteiger partial charge in [-0.05, 0) is 18.1 Å². The van der Waals surface area contributed by atoms with Crippen molar-refractivity contribution in [1.82, 2.24) is 15.6 Å². The molecule has 1 aromatic heterocycles. The number of rotatable bonds is 7. The fraction of sp³-hybridized carbons (Fsp3) is 0.353. The molecule has 0 aliphatic rings. The normalized spacial score (nSPS) is 10.2. The van der Waals surface area contributed by atoms with Crippen LogP contribution in [0, 0.1) is 0 Å². The second-order valence-corrected chi connectivity index (χ2v) is 6.17. The molecule has 0 saturated carbocycles. The van der Waals surface area contributed by atoms with Crippen molar-refractivity contribution < 1.29 is 9.59 Å². The van der Waals surface area contributed by atoms with Crippen LogP contribution < -0.4 is 16.0 Å². The largest absolute Gasteiger partial charge is 0.359 e. The standard InChI is InChI=1S/C17H22N4O2S/c1-3-16-20-13(11-24-16)8-9-19-17(23)21-14-7-5-4-6-12(14)10-15(22)18-2/h4-7,11H,3,8-10H2,1-2H3,(H,18,22)(H2,19,21,23). The number of hydrogen-bond acceptors (Lipinski definition) is 4. The van der Waals surface area contributed by atoms with Crippen LogP contribution in [0.25, 0.3) is 0 Å². The van der Waals surface area contributed by atoms with E-state index in [2.05, 4.69) is 27.9 Å². The molecule has 3 amide bonds. The molecule has 24 heavy (non-hydrogen) atoms. The van der Waals surface area contributed by atoms with E-state index in [4.69, 9.17) is 0 Å². The summed E-state index contributed by atoms with van der Waals surface area (Å²) in [6.07, 6.45) is 1.86. The van der Waals surface area contributed by atoms with E-state index in [9.17, 15) is 9.59 Å². The first-order valence-corrected chi connectivity index (χ1v) is 8.77. The van der Waals surface area contributed by atoms with Crippen LogP contribution in [0.3, 0.4) is 0 Å². The van der Waals surface area contributed by atoms with Crippen LogP contribution >= 0.6 is 11.3 Å². The summed E-state index contributed by atoms with van der Waals surface area (Å²) in [5.74, 6) is -0.0973. The van der Waals surface area contributed by atoms with Crippen LogP contribution in [-0.2, 0) is 24.1 Å². The van der Waals surface area contributed by atoms with Gasteiger partial charge in [0.15, 0.2) is 0 Å². The van der Waals surface area contributed by atoms with E-state index in [1.54, 1.807) is 24.5 Å². The lowest BCUT2D eigenvalue weighted by molar-refractivity contribution is -0.119. The number of para-hydroxylation sites is 1. The van der Waals surface area contributed by atoms with Gasteiger partial charge in [-0.1, -0.05) is 25.1 Å². The maximum absolute atomic E-state index is 12.0. The van der Waals surface area contributed by atoms with Gasteiger partial charge >= 0.3 is 6.03 Å². The van der Waals surface area contributed by atoms with E-state index in [1.807, 2.05) is 23.6 Å². The molecule has 0 radical (unpaired) electrons. The predicted octanol–water partition coefficient (Wildman–Crippen LogP) is 2.36. The average Bonchev–Trinajstić information content (AvgIpc) is 3.04. The fourth-order valence-electron chi connectivity index (χ4n) is 2.15. The van der Waals surface area contributed by atoms with Crippen molar-refractivity contribution in [3.63, 3.8) is 0 Å². The van der Waals surface area contributed by atoms with E-state index < -0.39 is 0 Å². The molecule has 0 spiro atoms. The molecule has 1 aromatic carbocycles. The molecule has 0 aliphatic heterocycles. The van der Waals surface area contributed by atoms with Crippen LogP contribution in [-0.4, -0.2) is 30.5 Å². The summed E-state index contributed by atoms with van der Waals surface area (Å²) in [5.41, 5.74) is 2.41. The number of anilines is 1. The zero-order valence-electron chi connectivity index (χ0n) is 13.9. The topological polar surface area (TPSA) is 83.1 Å². The van der Waals surface area contributed by atoms with Crippen molar-refractivity contribution in [2.45, 2.75) is 26.2 Å². The highest BCUT2D eigenvalue weighted by atomic mass is 32.1. The summed E-state index contributed by atoms with van der Waals surface area (Å²) in [4.78, 5) is 28.0. The summed E-state index contributed by atoms with van der Waals surface area (Å²) in [5, 5.41) is 11.3. The first-order valence-electron chi connectivity index (χ1n) is 7.89. The first kappa shape index (κ1) is 17.9. The molecule has 1 heterocycles. The van der Waals surface area contributed by atoms with E-state index in [0.717, 1.165) is 22.7 Å². The molecule has 0 aliphatic carbocycles. The highest BCUT2D eigenvalue weighted by Gasteiger charge is 2.09. The molecule has 2 aromatic rings. The Labute approximate surface area is 145 Å². The van der Waals surface area contributed by atoms with Crippen molar-refractivity contribution in [1.29, 1.82) is 0 Å². The Balaban J connectivity index is 1.84. The number of amides is 3. The highest BCUT2D eigenvalue weighted by molar-refractivity contribution is 7.09. The molecule has 6 nitrogen and oxygen atoms in total. The number of benzene rings is 1. The van der Waals surface area contributed by atoms with E-state index in [1.165, 1.54) is 0 Å². The van der Waals surface area contributed by atoms with Gasteiger partial charge in [0, 0.05) is 31.1 Å². The van der Waals surface area contributed by atoms with Crippen molar-refractivity contribution in [2.24, 2.45) is 0 Å². The molecular weight excluding hydrogens is 324 g/mol. The third-order valence-electron chi connectivity index (χ3n) is 3.46. The molecule has 0 atom stereocenters. The van der Waals surface area contributed by atoms with Gasteiger partial charge < -0.3 is 16.0 Å². The summed E-state index contributed by atoms with van der Waals surface area (Å²) in [7, 11) is 1.59. The van der Waals surface area contributed by atoms with Crippen molar-refractivity contribution in [3.8, 4) is 0 Å². The Hall–Kier alpha value is -2.41. The van der Waals surface area contributed by atoms with Gasteiger partial charge in [-0.15, -0.1) is 11.3 Å². The lowest BCUT2D eigenvalue weighted by atomic mass is 10.1. The number of likely N-dealkylation sites (N-methyl/N-ethyl adjacent to an activating group) is 1. The first-order chi connectivity index (χ1) is 11.6. The SMILES string of the molecule is CCc1nc(CCNC(=O)Nc2ccccc2CC(=O)NC)cs1. The molecule has 7 heteroatoms. The van der Waals surface area contributed by atoms with Crippen LogP contribution in [0.2, 0.25) is 0 Å². The van der Waals surface area contributed by atoms with Crippen molar-refractivity contribution in [2.75, 3.05) is 18.9 Å². The molecule has 0 bridgehead atoms. The van der Waals surface area contributed by atoms with Crippen LogP contribution in [0.4, 0.5) is 10.5 Å². The monoisotopic (exact) mass is 346 g/mol.